The lowest BCUT2D eigenvalue weighted by molar-refractivity contribution is -0.119. The fraction of sp³-hybridized carbons (Fsp3) is 0.818. The van der Waals surface area contributed by atoms with E-state index in [1.54, 1.807) is 0 Å². The number of carbonyl (C=O) groups excluding carboxylic acids is 1. The lowest BCUT2D eigenvalue weighted by Crippen LogP contribution is -2.43. The van der Waals surface area contributed by atoms with Crippen molar-refractivity contribution in [1.82, 2.24) is 4.90 Å². The molecule has 4 N–H and O–H groups in total. The maximum atomic E-state index is 10.8. The van der Waals surface area contributed by atoms with E-state index in [9.17, 15) is 4.79 Å². The Morgan fingerprint density at radius 3 is 2.31 bits per heavy atom. The monoisotopic (exact) mass is 224 g/mol. The van der Waals surface area contributed by atoms with Crippen LogP contribution in [0.2, 0.25) is 0 Å². The highest BCUT2D eigenvalue weighted by Gasteiger charge is 2.25. The quantitative estimate of drug-likeness (QED) is 0.525. The number of hydrogen-bond donors (Lipinski definition) is 2. The summed E-state index contributed by atoms with van der Waals surface area (Å²) in [5.74, 6) is 0.917. The van der Waals surface area contributed by atoms with Crippen LogP contribution in [-0.4, -0.2) is 35.9 Å². The van der Waals surface area contributed by atoms with Gasteiger partial charge in [-0.2, -0.15) is 0 Å². The fourth-order valence-corrected chi connectivity index (χ4v) is 2.12. The minimum Gasteiger partial charge on any atom is -0.370 e. The van der Waals surface area contributed by atoms with Crippen LogP contribution in [0.25, 0.3) is 0 Å². The summed E-state index contributed by atoms with van der Waals surface area (Å²) in [6.07, 6.45) is 4.85. The molecule has 0 unspecified atom stereocenters. The molecule has 0 spiro atoms. The highest BCUT2D eigenvalue weighted by Crippen LogP contribution is 2.24. The Hall–Kier alpha value is -1.26. The first-order chi connectivity index (χ1) is 7.65. The lowest BCUT2D eigenvalue weighted by Gasteiger charge is -2.32. The smallest absolute Gasteiger partial charge is 0.217 e. The van der Waals surface area contributed by atoms with E-state index in [1.807, 2.05) is 0 Å². The highest BCUT2D eigenvalue weighted by molar-refractivity contribution is 5.78. The van der Waals surface area contributed by atoms with E-state index in [1.165, 1.54) is 12.8 Å². The molecular formula is C11H20N4O. The zero-order valence-electron chi connectivity index (χ0n) is 9.56. The zero-order valence-corrected chi connectivity index (χ0v) is 9.56. The minimum atomic E-state index is -0.196. The summed E-state index contributed by atoms with van der Waals surface area (Å²) in [6.45, 7) is 1.81. The molecule has 0 aromatic heterocycles. The second kappa shape index (κ2) is 4.72. The van der Waals surface area contributed by atoms with Crippen LogP contribution < -0.4 is 11.5 Å². The molecule has 1 saturated carbocycles. The summed E-state index contributed by atoms with van der Waals surface area (Å²) in [7, 11) is 0. The molecule has 0 aromatic rings. The molecule has 2 fully saturated rings. The van der Waals surface area contributed by atoms with Gasteiger partial charge in [0, 0.05) is 19.5 Å². The second-order valence-electron chi connectivity index (χ2n) is 4.82. The number of likely N-dealkylation sites (tertiary alicyclic amines) is 1. The molecule has 0 radical (unpaired) electrons. The van der Waals surface area contributed by atoms with Crippen molar-refractivity contribution in [1.29, 1.82) is 0 Å². The van der Waals surface area contributed by atoms with Gasteiger partial charge in [-0.05, 0) is 31.6 Å². The molecule has 5 nitrogen and oxygen atoms in total. The first-order valence-corrected chi connectivity index (χ1v) is 6.01. The van der Waals surface area contributed by atoms with E-state index in [0.717, 1.165) is 25.9 Å². The Morgan fingerprint density at radius 1 is 1.19 bits per heavy atom. The third kappa shape index (κ3) is 3.12. The maximum Gasteiger partial charge on any atom is 0.217 e. The van der Waals surface area contributed by atoms with Crippen molar-refractivity contribution in [3.05, 3.63) is 0 Å². The number of rotatable bonds is 3. The van der Waals surface area contributed by atoms with Crippen molar-refractivity contribution >= 4 is 11.9 Å². The maximum absolute atomic E-state index is 10.8. The summed E-state index contributed by atoms with van der Waals surface area (Å²) >= 11 is 0. The van der Waals surface area contributed by atoms with Gasteiger partial charge in [-0.3, -0.25) is 4.79 Å². The van der Waals surface area contributed by atoms with Crippen LogP contribution in [0.1, 0.15) is 32.1 Å². The molecule has 1 heterocycles. The Balaban J connectivity index is 1.77. The molecule has 0 aromatic carbocycles. The van der Waals surface area contributed by atoms with Crippen LogP contribution in [-0.2, 0) is 4.79 Å². The van der Waals surface area contributed by atoms with Crippen molar-refractivity contribution in [2.45, 2.75) is 38.1 Å². The second-order valence-corrected chi connectivity index (χ2v) is 4.82. The fourth-order valence-electron chi connectivity index (χ4n) is 2.12. The van der Waals surface area contributed by atoms with E-state index in [-0.39, 0.29) is 5.91 Å². The topological polar surface area (TPSA) is 84.7 Å². The van der Waals surface area contributed by atoms with E-state index in [0.29, 0.717) is 24.3 Å². The van der Waals surface area contributed by atoms with Crippen molar-refractivity contribution in [2.24, 2.45) is 22.4 Å². The van der Waals surface area contributed by atoms with Gasteiger partial charge in [-0.15, -0.1) is 0 Å². The summed E-state index contributed by atoms with van der Waals surface area (Å²) in [4.78, 5) is 17.3. The number of hydrogen-bond acceptors (Lipinski definition) is 2. The first-order valence-electron chi connectivity index (χ1n) is 6.01. The van der Waals surface area contributed by atoms with Crippen LogP contribution in [0, 0.1) is 5.92 Å². The number of nitrogens with zero attached hydrogens (tertiary/aromatic N) is 2. The number of guanidine groups is 1. The Labute approximate surface area is 95.9 Å². The predicted octanol–water partition coefficient (Wildman–Crippen LogP) is 0.0509. The van der Waals surface area contributed by atoms with Crippen molar-refractivity contribution in [3.63, 3.8) is 0 Å². The molecule has 5 heteroatoms. The molecule has 1 saturated heterocycles. The lowest BCUT2D eigenvalue weighted by atomic mass is 9.93. The standard InChI is InChI=1S/C11H20N4O/c12-10(16)7-8-3-5-15(6-4-8)11(13)14-9-1-2-9/h8-9H,1-7H2,(H2,12,16)(H2,13,14). The van der Waals surface area contributed by atoms with Gasteiger partial charge in [0.15, 0.2) is 5.96 Å². The molecule has 2 rings (SSSR count). The molecule has 1 aliphatic carbocycles. The minimum absolute atomic E-state index is 0.196. The van der Waals surface area contributed by atoms with Crippen molar-refractivity contribution < 1.29 is 4.79 Å². The molecule has 2 aliphatic rings. The summed E-state index contributed by atoms with van der Waals surface area (Å²) in [6, 6.07) is 0.475. The molecular weight excluding hydrogens is 204 g/mol. The van der Waals surface area contributed by atoms with Gasteiger partial charge in [0.05, 0.1) is 6.04 Å². The first kappa shape index (κ1) is 11.2. The van der Waals surface area contributed by atoms with Crippen molar-refractivity contribution in [3.8, 4) is 0 Å². The predicted molar refractivity (Wildman–Crippen MR) is 62.8 cm³/mol. The normalized spacial score (nSPS) is 23.5. The average Bonchev–Trinajstić information content (AvgIpc) is 3.01. The number of nitrogens with two attached hydrogens (primary N) is 2. The zero-order chi connectivity index (χ0) is 11.5. The third-order valence-electron chi connectivity index (χ3n) is 3.29. The summed E-state index contributed by atoms with van der Waals surface area (Å²) in [5.41, 5.74) is 11.1. The summed E-state index contributed by atoms with van der Waals surface area (Å²) < 4.78 is 0. The van der Waals surface area contributed by atoms with E-state index >= 15 is 0 Å². The third-order valence-corrected chi connectivity index (χ3v) is 3.29. The van der Waals surface area contributed by atoms with Crippen LogP contribution in [0.5, 0.6) is 0 Å². The van der Waals surface area contributed by atoms with Crippen LogP contribution in [0.15, 0.2) is 4.99 Å². The van der Waals surface area contributed by atoms with E-state index in [4.69, 9.17) is 11.5 Å². The molecule has 16 heavy (non-hydrogen) atoms. The summed E-state index contributed by atoms with van der Waals surface area (Å²) in [5, 5.41) is 0. The van der Waals surface area contributed by atoms with Gasteiger partial charge in [-0.1, -0.05) is 0 Å². The van der Waals surface area contributed by atoms with E-state index < -0.39 is 0 Å². The van der Waals surface area contributed by atoms with Gasteiger partial charge in [0.2, 0.25) is 5.91 Å². The van der Waals surface area contributed by atoms with Gasteiger partial charge < -0.3 is 16.4 Å². The number of aliphatic imine (C=N–C) groups is 1. The Bertz CT molecular complexity index is 290. The number of carbonyl (C=O) groups is 1. The Morgan fingerprint density at radius 2 is 1.81 bits per heavy atom. The van der Waals surface area contributed by atoms with Crippen molar-refractivity contribution in [2.75, 3.05) is 13.1 Å². The van der Waals surface area contributed by atoms with Gasteiger partial charge in [-0.25, -0.2) is 4.99 Å². The molecule has 1 amide bonds. The van der Waals surface area contributed by atoms with Crippen LogP contribution >= 0.6 is 0 Å². The SMILES string of the molecule is NC(=O)CC1CCN(C(N)=NC2CC2)CC1. The molecule has 0 bridgehead atoms. The molecule has 0 atom stereocenters. The number of amides is 1. The van der Waals surface area contributed by atoms with Gasteiger partial charge >= 0.3 is 0 Å². The van der Waals surface area contributed by atoms with Gasteiger partial charge in [0.1, 0.15) is 0 Å². The molecule has 1 aliphatic heterocycles. The number of primary amides is 1. The van der Waals surface area contributed by atoms with Crippen LogP contribution in [0.4, 0.5) is 0 Å². The van der Waals surface area contributed by atoms with E-state index in [2.05, 4.69) is 9.89 Å². The van der Waals surface area contributed by atoms with Crippen LogP contribution in [0.3, 0.4) is 0 Å². The Kier molecular flexibility index (Phi) is 3.31. The molecule has 90 valence electrons. The average molecular weight is 224 g/mol. The highest BCUT2D eigenvalue weighted by atomic mass is 16.1. The largest absolute Gasteiger partial charge is 0.370 e. The number of piperidine rings is 1. The van der Waals surface area contributed by atoms with Gasteiger partial charge in [0.25, 0.3) is 0 Å².